The molecule has 0 radical (unpaired) electrons. The molecule has 0 saturated heterocycles. The van der Waals surface area contributed by atoms with Gasteiger partial charge >= 0.3 is 0 Å². The summed E-state index contributed by atoms with van der Waals surface area (Å²) in [5, 5.41) is 2.97. The number of amides is 2. The molecule has 5 nitrogen and oxygen atoms in total. The summed E-state index contributed by atoms with van der Waals surface area (Å²) in [6.07, 6.45) is 1.50. The molecule has 0 heterocycles. The zero-order valence-corrected chi connectivity index (χ0v) is 20.2. The van der Waals surface area contributed by atoms with Crippen molar-refractivity contribution in [2.75, 3.05) is 19.8 Å². The van der Waals surface area contributed by atoms with Gasteiger partial charge in [0.15, 0.2) is 0 Å². The van der Waals surface area contributed by atoms with Gasteiger partial charge in [0.1, 0.15) is 11.9 Å². The van der Waals surface area contributed by atoms with Crippen molar-refractivity contribution in [2.45, 2.75) is 38.8 Å². The Balaban J connectivity index is 1.85. The number of hydrogen-bond acceptors (Lipinski definition) is 3. The van der Waals surface area contributed by atoms with E-state index >= 15 is 0 Å². The number of nitrogens with zero attached hydrogens (tertiary/aromatic N) is 1. The lowest BCUT2D eigenvalue weighted by Crippen LogP contribution is -2.43. The second-order valence-electron chi connectivity index (χ2n) is 8.29. The molecule has 0 fully saturated rings. The Morgan fingerprint density at radius 3 is 2.23 bits per heavy atom. The van der Waals surface area contributed by atoms with E-state index in [2.05, 4.69) is 5.32 Å². The van der Waals surface area contributed by atoms with Crippen LogP contribution in [-0.2, 0) is 27.3 Å². The Morgan fingerprint density at radius 2 is 1.57 bits per heavy atom. The van der Waals surface area contributed by atoms with Crippen molar-refractivity contribution in [3.63, 3.8) is 0 Å². The quantitative estimate of drug-likeness (QED) is 0.351. The largest absolute Gasteiger partial charge is 0.382 e. The van der Waals surface area contributed by atoms with E-state index in [0.717, 1.165) is 16.7 Å². The standard InChI is InChI=1S/C29H33FN2O3/c1-2-35-21-9-20-31-29(34)28(25-12-7-4-8-13-25)32(22-24-14-17-26(30)18-15-24)27(33)19-16-23-10-5-3-6-11-23/h3-8,10-15,17-18,28H,2,9,16,19-22H2,1H3,(H,31,34)/t28-/m0/s1. The number of aryl methyl sites for hydroxylation is 1. The van der Waals surface area contributed by atoms with E-state index in [9.17, 15) is 14.0 Å². The molecule has 3 aromatic carbocycles. The van der Waals surface area contributed by atoms with Gasteiger partial charge in [-0.3, -0.25) is 9.59 Å². The number of carbonyl (C=O) groups is 2. The van der Waals surface area contributed by atoms with Gasteiger partial charge in [-0.25, -0.2) is 4.39 Å². The van der Waals surface area contributed by atoms with Crippen molar-refractivity contribution in [1.82, 2.24) is 10.2 Å². The normalized spacial score (nSPS) is 11.6. The number of hydrogen-bond donors (Lipinski definition) is 1. The van der Waals surface area contributed by atoms with Gasteiger partial charge in [0.05, 0.1) is 0 Å². The van der Waals surface area contributed by atoms with Gasteiger partial charge < -0.3 is 15.0 Å². The number of rotatable bonds is 13. The van der Waals surface area contributed by atoms with Crippen LogP contribution in [0.4, 0.5) is 4.39 Å². The van der Waals surface area contributed by atoms with Crippen LogP contribution in [0.25, 0.3) is 0 Å². The maximum Gasteiger partial charge on any atom is 0.247 e. The molecule has 0 bridgehead atoms. The van der Waals surface area contributed by atoms with Crippen molar-refractivity contribution in [2.24, 2.45) is 0 Å². The summed E-state index contributed by atoms with van der Waals surface area (Å²) in [6.45, 7) is 3.76. The van der Waals surface area contributed by atoms with Crippen molar-refractivity contribution < 1.29 is 18.7 Å². The fraction of sp³-hybridized carbons (Fsp3) is 0.310. The van der Waals surface area contributed by atoms with Gasteiger partial charge in [-0.05, 0) is 48.6 Å². The van der Waals surface area contributed by atoms with E-state index in [4.69, 9.17) is 4.74 Å². The Labute approximate surface area is 206 Å². The van der Waals surface area contributed by atoms with Crippen LogP contribution < -0.4 is 5.32 Å². The summed E-state index contributed by atoms with van der Waals surface area (Å²) in [6, 6.07) is 24.3. The smallest absolute Gasteiger partial charge is 0.247 e. The predicted molar refractivity (Wildman–Crippen MR) is 135 cm³/mol. The highest BCUT2D eigenvalue weighted by Gasteiger charge is 2.31. The van der Waals surface area contributed by atoms with Gasteiger partial charge in [0.2, 0.25) is 11.8 Å². The Bertz CT molecular complexity index is 1040. The molecule has 0 spiro atoms. The van der Waals surface area contributed by atoms with Gasteiger partial charge in [-0.15, -0.1) is 0 Å². The van der Waals surface area contributed by atoms with E-state index < -0.39 is 6.04 Å². The first-order valence-electron chi connectivity index (χ1n) is 12.1. The van der Waals surface area contributed by atoms with Crippen LogP contribution >= 0.6 is 0 Å². The van der Waals surface area contributed by atoms with Gasteiger partial charge in [0.25, 0.3) is 0 Å². The van der Waals surface area contributed by atoms with Crippen molar-refractivity contribution in [3.05, 3.63) is 107 Å². The van der Waals surface area contributed by atoms with Crippen LogP contribution in [0.5, 0.6) is 0 Å². The molecule has 0 aromatic heterocycles. The van der Waals surface area contributed by atoms with Crippen molar-refractivity contribution in [3.8, 4) is 0 Å². The molecule has 3 aromatic rings. The maximum absolute atomic E-state index is 13.6. The summed E-state index contributed by atoms with van der Waals surface area (Å²) in [4.78, 5) is 28.6. The molecule has 0 saturated carbocycles. The number of carbonyl (C=O) groups excluding carboxylic acids is 2. The number of benzene rings is 3. The summed E-state index contributed by atoms with van der Waals surface area (Å²) >= 11 is 0. The van der Waals surface area contributed by atoms with Crippen LogP contribution in [0.1, 0.15) is 42.5 Å². The zero-order chi connectivity index (χ0) is 24.9. The lowest BCUT2D eigenvalue weighted by molar-refractivity contribution is -0.141. The molecular weight excluding hydrogens is 443 g/mol. The fourth-order valence-corrected chi connectivity index (χ4v) is 3.88. The van der Waals surface area contributed by atoms with Gasteiger partial charge in [-0.1, -0.05) is 72.8 Å². The van der Waals surface area contributed by atoms with Crippen molar-refractivity contribution >= 4 is 11.8 Å². The topological polar surface area (TPSA) is 58.6 Å². The number of halogens is 1. The first-order valence-corrected chi connectivity index (χ1v) is 12.1. The highest BCUT2D eigenvalue weighted by molar-refractivity contribution is 5.88. The average molecular weight is 477 g/mol. The van der Waals surface area contributed by atoms with Gasteiger partial charge in [-0.2, -0.15) is 0 Å². The molecule has 1 N–H and O–H groups in total. The van der Waals surface area contributed by atoms with Gasteiger partial charge in [0, 0.05) is 32.7 Å². The first kappa shape index (κ1) is 26.1. The second kappa shape index (κ2) is 14.0. The van der Waals surface area contributed by atoms with E-state index in [1.807, 2.05) is 67.6 Å². The van der Waals surface area contributed by atoms with Crippen LogP contribution in [0, 0.1) is 5.82 Å². The average Bonchev–Trinajstić information content (AvgIpc) is 2.89. The van der Waals surface area contributed by atoms with Crippen LogP contribution in [0.2, 0.25) is 0 Å². The maximum atomic E-state index is 13.6. The monoisotopic (exact) mass is 476 g/mol. The minimum atomic E-state index is -0.809. The number of nitrogens with one attached hydrogen (secondary N) is 1. The third-order valence-electron chi connectivity index (χ3n) is 5.70. The lowest BCUT2D eigenvalue weighted by atomic mass is 10.0. The SMILES string of the molecule is CCOCCCNC(=O)[C@H](c1ccccc1)N(Cc1ccc(F)cc1)C(=O)CCc1ccccc1. The first-order chi connectivity index (χ1) is 17.1. The van der Waals surface area contributed by atoms with E-state index in [-0.39, 0.29) is 30.6 Å². The van der Waals surface area contributed by atoms with E-state index in [0.29, 0.717) is 32.6 Å². The molecule has 1 atom stereocenters. The highest BCUT2D eigenvalue weighted by atomic mass is 19.1. The molecule has 6 heteroatoms. The molecule has 0 aliphatic carbocycles. The molecule has 184 valence electrons. The molecule has 3 rings (SSSR count). The second-order valence-corrected chi connectivity index (χ2v) is 8.29. The van der Waals surface area contributed by atoms with Crippen LogP contribution in [-0.4, -0.2) is 36.5 Å². The van der Waals surface area contributed by atoms with Crippen LogP contribution in [0.15, 0.2) is 84.9 Å². The minimum absolute atomic E-state index is 0.142. The summed E-state index contributed by atoms with van der Waals surface area (Å²) in [5.74, 6) is -0.735. The highest BCUT2D eigenvalue weighted by Crippen LogP contribution is 2.25. The zero-order valence-electron chi connectivity index (χ0n) is 20.2. The fourth-order valence-electron chi connectivity index (χ4n) is 3.88. The Hall–Kier alpha value is -3.51. The molecule has 0 unspecified atom stereocenters. The van der Waals surface area contributed by atoms with E-state index in [1.54, 1.807) is 17.0 Å². The van der Waals surface area contributed by atoms with E-state index in [1.165, 1.54) is 12.1 Å². The molecule has 35 heavy (non-hydrogen) atoms. The Morgan fingerprint density at radius 1 is 0.914 bits per heavy atom. The molecule has 2 amide bonds. The predicted octanol–water partition coefficient (Wildman–Crippen LogP) is 5.07. The molecule has 0 aliphatic heterocycles. The third-order valence-corrected chi connectivity index (χ3v) is 5.70. The Kier molecular flexibility index (Phi) is 10.5. The van der Waals surface area contributed by atoms with Crippen molar-refractivity contribution in [1.29, 1.82) is 0 Å². The minimum Gasteiger partial charge on any atom is -0.382 e. The molecule has 0 aliphatic rings. The molecular formula is C29H33FN2O3. The third kappa shape index (κ3) is 8.34. The number of ether oxygens (including phenoxy) is 1. The summed E-state index contributed by atoms with van der Waals surface area (Å²) < 4.78 is 18.9. The summed E-state index contributed by atoms with van der Waals surface area (Å²) in [5.41, 5.74) is 2.54. The lowest BCUT2D eigenvalue weighted by Gasteiger charge is -2.32. The summed E-state index contributed by atoms with van der Waals surface area (Å²) in [7, 11) is 0. The van der Waals surface area contributed by atoms with Crippen LogP contribution in [0.3, 0.4) is 0 Å².